The summed E-state index contributed by atoms with van der Waals surface area (Å²) in [5.74, 6) is 0.0674. The van der Waals surface area contributed by atoms with Crippen LogP contribution >= 0.6 is 0 Å². The van der Waals surface area contributed by atoms with E-state index in [1.165, 1.54) is 22.4 Å². The van der Waals surface area contributed by atoms with E-state index in [0.29, 0.717) is 13.0 Å². The number of piperidine rings is 1. The number of hydrogen-bond donors (Lipinski definition) is 2. The predicted molar refractivity (Wildman–Crippen MR) is 96.6 cm³/mol. The largest absolute Gasteiger partial charge is 0.466 e. The Morgan fingerprint density at radius 3 is 2.72 bits per heavy atom. The Kier molecular flexibility index (Phi) is 6.08. The van der Waals surface area contributed by atoms with Gasteiger partial charge in [0.25, 0.3) is 0 Å². The number of fused-ring (bicyclic) bond motifs is 1. The van der Waals surface area contributed by atoms with Gasteiger partial charge in [0.1, 0.15) is 0 Å². The molecule has 1 aliphatic heterocycles. The van der Waals surface area contributed by atoms with E-state index in [9.17, 15) is 9.59 Å². The second-order valence-electron chi connectivity index (χ2n) is 7.16. The molecule has 1 fully saturated rings. The van der Waals surface area contributed by atoms with Crippen LogP contribution in [0, 0.1) is 5.92 Å². The lowest BCUT2D eigenvalue weighted by Gasteiger charge is -2.27. The number of likely N-dealkylation sites (tertiary alicyclic amines) is 1. The summed E-state index contributed by atoms with van der Waals surface area (Å²) >= 11 is 0. The third-order valence-corrected chi connectivity index (χ3v) is 5.40. The number of carbonyl (C=O) groups excluding carboxylic acids is 2. The van der Waals surface area contributed by atoms with E-state index in [0.717, 1.165) is 51.0 Å². The second-order valence-corrected chi connectivity index (χ2v) is 7.16. The summed E-state index contributed by atoms with van der Waals surface area (Å²) in [7, 11) is 0. The van der Waals surface area contributed by atoms with E-state index >= 15 is 0 Å². The van der Waals surface area contributed by atoms with Gasteiger partial charge in [0.05, 0.1) is 38.6 Å². The van der Waals surface area contributed by atoms with Gasteiger partial charge in [0.2, 0.25) is 5.91 Å². The molecule has 25 heavy (non-hydrogen) atoms. The van der Waals surface area contributed by atoms with E-state index < -0.39 is 0 Å². The molecule has 0 saturated carbocycles. The summed E-state index contributed by atoms with van der Waals surface area (Å²) in [6.45, 7) is 5.00. The van der Waals surface area contributed by atoms with Gasteiger partial charge < -0.3 is 15.0 Å². The number of benzene rings is 1. The smallest absolute Gasteiger partial charge is 0.309 e. The molecule has 2 N–H and O–H groups in total. The number of nitrogens with one attached hydrogen (secondary N) is 2. The number of quaternary nitrogens is 1. The molecular weight excluding hydrogens is 316 g/mol. The van der Waals surface area contributed by atoms with Crippen molar-refractivity contribution in [1.29, 1.82) is 0 Å². The maximum absolute atomic E-state index is 12.2. The van der Waals surface area contributed by atoms with Crippen LogP contribution in [0.3, 0.4) is 0 Å². The van der Waals surface area contributed by atoms with E-state index in [-0.39, 0.29) is 17.8 Å². The Bertz CT molecular complexity index is 621. The summed E-state index contributed by atoms with van der Waals surface area (Å²) in [5, 5.41) is 3.03. The van der Waals surface area contributed by atoms with Crippen LogP contribution in [0.5, 0.6) is 0 Å². The summed E-state index contributed by atoms with van der Waals surface area (Å²) < 4.78 is 5.10. The number of rotatable bonds is 6. The van der Waals surface area contributed by atoms with Gasteiger partial charge in [-0.2, -0.15) is 0 Å². The Balaban J connectivity index is 1.39. The molecule has 1 aromatic rings. The molecule has 5 heteroatoms. The third-order valence-electron chi connectivity index (χ3n) is 5.40. The number of aryl methyl sites for hydroxylation is 2. The van der Waals surface area contributed by atoms with Crippen molar-refractivity contribution in [2.75, 3.05) is 31.6 Å². The Morgan fingerprint density at radius 1 is 1.20 bits per heavy atom. The zero-order valence-corrected chi connectivity index (χ0v) is 15.1. The molecule has 1 amide bonds. The highest BCUT2D eigenvalue weighted by molar-refractivity contribution is 5.90. The molecule has 5 nitrogen and oxygen atoms in total. The van der Waals surface area contributed by atoms with E-state index in [4.69, 9.17) is 4.74 Å². The van der Waals surface area contributed by atoms with Crippen LogP contribution in [0.1, 0.15) is 43.7 Å². The lowest BCUT2D eigenvalue weighted by molar-refractivity contribution is -0.905. The normalized spacial score (nSPS) is 22.3. The van der Waals surface area contributed by atoms with Gasteiger partial charge in [0, 0.05) is 18.5 Å². The minimum Gasteiger partial charge on any atom is -0.466 e. The molecule has 1 saturated heterocycles. The zero-order valence-electron chi connectivity index (χ0n) is 15.1. The van der Waals surface area contributed by atoms with Crippen LogP contribution < -0.4 is 10.2 Å². The third kappa shape index (κ3) is 4.82. The zero-order chi connectivity index (χ0) is 17.6. The second kappa shape index (κ2) is 8.48. The van der Waals surface area contributed by atoms with Gasteiger partial charge in [-0.25, -0.2) is 0 Å². The number of hydrogen-bond acceptors (Lipinski definition) is 3. The molecule has 0 unspecified atom stereocenters. The van der Waals surface area contributed by atoms with Gasteiger partial charge in [-0.3, -0.25) is 9.59 Å². The molecule has 1 aromatic carbocycles. The van der Waals surface area contributed by atoms with E-state index in [2.05, 4.69) is 17.4 Å². The van der Waals surface area contributed by atoms with Crippen LogP contribution in [0.2, 0.25) is 0 Å². The van der Waals surface area contributed by atoms with E-state index in [1.807, 2.05) is 13.0 Å². The predicted octanol–water partition coefficient (Wildman–Crippen LogP) is 1.36. The fraction of sp³-hybridized carbons (Fsp3) is 0.600. The number of anilines is 1. The maximum Gasteiger partial charge on any atom is 0.309 e. The molecule has 1 aliphatic carbocycles. The van der Waals surface area contributed by atoms with Gasteiger partial charge in [0.15, 0.2) is 0 Å². The van der Waals surface area contributed by atoms with Crippen molar-refractivity contribution < 1.29 is 19.2 Å². The molecule has 0 radical (unpaired) electrons. The Hall–Kier alpha value is -1.88. The van der Waals surface area contributed by atoms with E-state index in [1.54, 1.807) is 0 Å². The highest BCUT2D eigenvalue weighted by atomic mass is 16.5. The highest BCUT2D eigenvalue weighted by Gasteiger charge is 2.28. The molecule has 0 atom stereocenters. The van der Waals surface area contributed by atoms with Crippen LogP contribution in [-0.4, -0.2) is 38.1 Å². The first-order valence-electron chi connectivity index (χ1n) is 9.57. The summed E-state index contributed by atoms with van der Waals surface area (Å²) in [5.41, 5.74) is 3.72. The SMILES string of the molecule is CCOC(=O)C1CC[NH+](CCC(=O)Nc2ccc3c(c2)CCC3)CC1. The first kappa shape index (κ1) is 17.9. The van der Waals surface area contributed by atoms with Gasteiger partial charge >= 0.3 is 5.97 Å². The summed E-state index contributed by atoms with van der Waals surface area (Å²) in [4.78, 5) is 25.4. The van der Waals surface area contributed by atoms with Crippen molar-refractivity contribution in [2.45, 2.75) is 45.4 Å². The van der Waals surface area contributed by atoms with Crippen molar-refractivity contribution in [2.24, 2.45) is 5.92 Å². The summed E-state index contributed by atoms with van der Waals surface area (Å²) in [6, 6.07) is 6.28. The average Bonchev–Trinajstić information content (AvgIpc) is 3.08. The van der Waals surface area contributed by atoms with Crippen molar-refractivity contribution in [3.05, 3.63) is 29.3 Å². The molecule has 0 bridgehead atoms. The molecular formula is C20H29N2O3+. The minimum atomic E-state index is -0.0593. The monoisotopic (exact) mass is 345 g/mol. The Labute approximate surface area is 149 Å². The fourth-order valence-corrected chi connectivity index (χ4v) is 3.94. The lowest BCUT2D eigenvalue weighted by Crippen LogP contribution is -3.13. The first-order chi connectivity index (χ1) is 12.2. The van der Waals surface area contributed by atoms with Gasteiger partial charge in [-0.15, -0.1) is 0 Å². The van der Waals surface area contributed by atoms with Crippen LogP contribution in [0.25, 0.3) is 0 Å². The van der Waals surface area contributed by atoms with Gasteiger partial charge in [-0.05, 0) is 49.4 Å². The minimum absolute atomic E-state index is 0.0453. The molecule has 0 aromatic heterocycles. The number of esters is 1. The molecule has 3 rings (SSSR count). The topological polar surface area (TPSA) is 59.8 Å². The lowest BCUT2D eigenvalue weighted by atomic mass is 9.97. The number of carbonyl (C=O) groups is 2. The standard InChI is InChI=1S/C20H28N2O3/c1-2-25-20(24)16-8-11-22(12-9-16)13-10-19(23)21-18-7-6-15-4-3-5-17(15)14-18/h6-7,14,16H,2-5,8-13H2,1H3,(H,21,23)/p+1. The van der Waals surface area contributed by atoms with Gasteiger partial charge in [-0.1, -0.05) is 6.07 Å². The van der Waals surface area contributed by atoms with Crippen LogP contribution in [0.15, 0.2) is 18.2 Å². The number of ether oxygens (including phenoxy) is 1. The maximum atomic E-state index is 12.2. The fourth-order valence-electron chi connectivity index (χ4n) is 3.94. The molecule has 2 aliphatic rings. The van der Waals surface area contributed by atoms with Crippen molar-refractivity contribution in [3.8, 4) is 0 Å². The van der Waals surface area contributed by atoms with Crippen molar-refractivity contribution in [1.82, 2.24) is 0 Å². The summed E-state index contributed by atoms with van der Waals surface area (Å²) in [6.07, 6.45) is 5.75. The quantitative estimate of drug-likeness (QED) is 0.766. The molecule has 1 heterocycles. The highest BCUT2D eigenvalue weighted by Crippen LogP contribution is 2.24. The van der Waals surface area contributed by atoms with Crippen molar-refractivity contribution in [3.63, 3.8) is 0 Å². The van der Waals surface area contributed by atoms with Crippen molar-refractivity contribution >= 4 is 17.6 Å². The Morgan fingerprint density at radius 2 is 1.96 bits per heavy atom. The van der Waals surface area contributed by atoms with Crippen LogP contribution in [-0.2, 0) is 27.2 Å². The average molecular weight is 345 g/mol. The molecule has 0 spiro atoms. The first-order valence-corrected chi connectivity index (χ1v) is 9.57. The number of amides is 1. The van der Waals surface area contributed by atoms with Crippen LogP contribution in [0.4, 0.5) is 5.69 Å². The molecule has 136 valence electrons.